The number of nitrogens with zero attached hydrogens (tertiary/aromatic N) is 3. The molecule has 6 heteroatoms. The Morgan fingerprint density at radius 2 is 2.19 bits per heavy atom. The van der Waals surface area contributed by atoms with Gasteiger partial charge in [0, 0.05) is 30.7 Å². The molecule has 0 saturated carbocycles. The van der Waals surface area contributed by atoms with E-state index in [1.54, 1.807) is 18.3 Å². The quantitative estimate of drug-likeness (QED) is 0.770. The lowest BCUT2D eigenvalue weighted by Crippen LogP contribution is -2.27. The van der Waals surface area contributed by atoms with E-state index in [4.69, 9.17) is 0 Å². The molecule has 108 valence electrons. The van der Waals surface area contributed by atoms with E-state index < -0.39 is 0 Å². The maximum Gasteiger partial charge on any atom is 0.252 e. The van der Waals surface area contributed by atoms with Crippen molar-refractivity contribution < 1.29 is 4.79 Å². The monoisotopic (exact) mass is 283 g/mol. The highest BCUT2D eigenvalue weighted by atomic mass is 16.1. The van der Waals surface area contributed by atoms with Crippen LogP contribution in [0.3, 0.4) is 0 Å². The summed E-state index contributed by atoms with van der Waals surface area (Å²) in [6.45, 7) is 4.78. The number of aromatic nitrogens is 4. The van der Waals surface area contributed by atoms with E-state index in [0.717, 1.165) is 5.56 Å². The average Bonchev–Trinajstić information content (AvgIpc) is 3.12. The molecule has 0 saturated heterocycles. The Morgan fingerprint density at radius 1 is 1.33 bits per heavy atom. The van der Waals surface area contributed by atoms with Gasteiger partial charge in [0.2, 0.25) is 0 Å². The number of carbonyl (C=O) groups is 1. The number of carbonyl (C=O) groups excluding carboxylic acids is 1. The number of hydrogen-bond acceptors (Lipinski definition) is 3. The molecule has 1 amide bonds. The van der Waals surface area contributed by atoms with E-state index in [1.807, 2.05) is 22.9 Å². The molecule has 3 heterocycles. The van der Waals surface area contributed by atoms with Crippen LogP contribution >= 0.6 is 0 Å². The highest BCUT2D eigenvalue weighted by molar-refractivity contribution is 5.94. The van der Waals surface area contributed by atoms with Crippen LogP contribution in [0.25, 0.3) is 17.0 Å². The summed E-state index contributed by atoms with van der Waals surface area (Å²) in [5, 5.41) is 11.2. The average molecular weight is 283 g/mol. The summed E-state index contributed by atoms with van der Waals surface area (Å²) in [7, 11) is 0. The lowest BCUT2D eigenvalue weighted by molar-refractivity contribution is 0.0948. The first-order chi connectivity index (χ1) is 10.1. The van der Waals surface area contributed by atoms with Crippen LogP contribution in [0.1, 0.15) is 24.2 Å². The minimum atomic E-state index is -0.0840. The summed E-state index contributed by atoms with van der Waals surface area (Å²) in [4.78, 5) is 15.1. The van der Waals surface area contributed by atoms with Crippen molar-refractivity contribution in [3.8, 4) is 11.4 Å². The molecule has 0 radical (unpaired) electrons. The van der Waals surface area contributed by atoms with Gasteiger partial charge in [-0.25, -0.2) is 0 Å². The third-order valence-electron chi connectivity index (χ3n) is 3.19. The molecule has 0 aliphatic rings. The van der Waals surface area contributed by atoms with Crippen LogP contribution in [0.4, 0.5) is 0 Å². The van der Waals surface area contributed by atoms with E-state index in [-0.39, 0.29) is 5.91 Å². The van der Waals surface area contributed by atoms with E-state index in [0.29, 0.717) is 29.5 Å². The maximum atomic E-state index is 12.1. The van der Waals surface area contributed by atoms with Gasteiger partial charge in [-0.2, -0.15) is 0 Å². The molecule has 3 aromatic rings. The summed E-state index contributed by atoms with van der Waals surface area (Å²) in [5.74, 6) is 1.05. The van der Waals surface area contributed by atoms with Crippen molar-refractivity contribution in [2.45, 2.75) is 13.8 Å². The minimum absolute atomic E-state index is 0.0840. The Labute approximate surface area is 122 Å². The second-order valence-corrected chi connectivity index (χ2v) is 5.37. The van der Waals surface area contributed by atoms with Crippen LogP contribution < -0.4 is 5.32 Å². The van der Waals surface area contributed by atoms with Crippen molar-refractivity contribution in [1.82, 2.24) is 24.9 Å². The van der Waals surface area contributed by atoms with Crippen LogP contribution in [-0.4, -0.2) is 32.0 Å². The Kier molecular flexibility index (Phi) is 3.43. The van der Waals surface area contributed by atoms with E-state index >= 15 is 0 Å². The number of amides is 1. The van der Waals surface area contributed by atoms with Crippen molar-refractivity contribution >= 4 is 11.6 Å². The minimum Gasteiger partial charge on any atom is -0.367 e. The Balaban J connectivity index is 1.95. The Hall–Kier alpha value is -2.63. The van der Waals surface area contributed by atoms with Crippen LogP contribution in [0.15, 0.2) is 36.8 Å². The number of nitrogens with one attached hydrogen (secondary N) is 2. The SMILES string of the molecule is CC(C)CNC(=O)c1ccc2nnc(-c3cc[nH]c3)n2c1. The van der Waals surface area contributed by atoms with Crippen molar-refractivity contribution in [2.24, 2.45) is 5.92 Å². The molecule has 0 aliphatic heterocycles. The van der Waals surface area contributed by atoms with Crippen molar-refractivity contribution in [1.29, 1.82) is 0 Å². The number of H-pyrrole nitrogens is 1. The summed E-state index contributed by atoms with van der Waals surface area (Å²) in [5.41, 5.74) is 2.24. The lowest BCUT2D eigenvalue weighted by Gasteiger charge is -2.08. The second-order valence-electron chi connectivity index (χ2n) is 5.37. The highest BCUT2D eigenvalue weighted by Gasteiger charge is 2.12. The fraction of sp³-hybridized carbons (Fsp3) is 0.267. The van der Waals surface area contributed by atoms with E-state index in [2.05, 4.69) is 34.3 Å². The van der Waals surface area contributed by atoms with Crippen LogP contribution in [0.5, 0.6) is 0 Å². The van der Waals surface area contributed by atoms with E-state index in [1.165, 1.54) is 0 Å². The molecule has 0 fully saturated rings. The van der Waals surface area contributed by atoms with Crippen LogP contribution in [0, 0.1) is 5.92 Å². The van der Waals surface area contributed by atoms with Gasteiger partial charge >= 0.3 is 0 Å². The van der Waals surface area contributed by atoms with Crippen molar-refractivity contribution in [3.63, 3.8) is 0 Å². The van der Waals surface area contributed by atoms with Gasteiger partial charge in [-0.1, -0.05) is 13.8 Å². The topological polar surface area (TPSA) is 75.1 Å². The zero-order valence-electron chi connectivity index (χ0n) is 12.0. The zero-order chi connectivity index (χ0) is 14.8. The first-order valence-electron chi connectivity index (χ1n) is 6.91. The van der Waals surface area contributed by atoms with Gasteiger partial charge in [0.15, 0.2) is 11.5 Å². The number of hydrogen-bond donors (Lipinski definition) is 2. The standard InChI is InChI=1S/C15H17N5O/c1-10(2)7-17-15(21)12-3-4-13-18-19-14(20(13)9-12)11-5-6-16-8-11/h3-6,8-10,16H,7H2,1-2H3,(H,17,21). The van der Waals surface area contributed by atoms with E-state index in [9.17, 15) is 4.79 Å². The largest absolute Gasteiger partial charge is 0.367 e. The zero-order valence-corrected chi connectivity index (χ0v) is 12.0. The van der Waals surface area contributed by atoms with Crippen molar-refractivity contribution in [2.75, 3.05) is 6.54 Å². The van der Waals surface area contributed by atoms with Gasteiger partial charge < -0.3 is 10.3 Å². The summed E-state index contributed by atoms with van der Waals surface area (Å²) >= 11 is 0. The molecule has 0 atom stereocenters. The predicted octanol–water partition coefficient (Wildman–Crippen LogP) is 2.11. The van der Waals surface area contributed by atoms with Gasteiger partial charge in [0.05, 0.1) is 5.56 Å². The molecule has 3 rings (SSSR count). The number of fused-ring (bicyclic) bond motifs is 1. The Morgan fingerprint density at radius 3 is 2.90 bits per heavy atom. The molecular formula is C15H17N5O. The first kappa shape index (κ1) is 13.4. The highest BCUT2D eigenvalue weighted by Crippen LogP contribution is 2.18. The van der Waals surface area contributed by atoms with Gasteiger partial charge in [-0.15, -0.1) is 10.2 Å². The number of pyridine rings is 1. The summed E-state index contributed by atoms with van der Waals surface area (Å²) in [6.07, 6.45) is 5.45. The molecule has 0 bridgehead atoms. The number of aromatic amines is 1. The smallest absolute Gasteiger partial charge is 0.252 e. The fourth-order valence-corrected chi connectivity index (χ4v) is 2.08. The maximum absolute atomic E-state index is 12.1. The Bertz CT molecular complexity index is 758. The molecular weight excluding hydrogens is 266 g/mol. The van der Waals surface area contributed by atoms with Crippen molar-refractivity contribution in [3.05, 3.63) is 42.4 Å². The summed E-state index contributed by atoms with van der Waals surface area (Å²) in [6, 6.07) is 5.48. The third-order valence-corrected chi connectivity index (χ3v) is 3.19. The summed E-state index contributed by atoms with van der Waals surface area (Å²) < 4.78 is 1.83. The molecule has 0 aromatic carbocycles. The molecule has 0 unspecified atom stereocenters. The molecule has 2 N–H and O–H groups in total. The van der Waals surface area contributed by atoms with Crippen LogP contribution in [0.2, 0.25) is 0 Å². The predicted molar refractivity (Wildman–Crippen MR) is 79.9 cm³/mol. The molecule has 3 aromatic heterocycles. The fourth-order valence-electron chi connectivity index (χ4n) is 2.08. The number of rotatable bonds is 4. The van der Waals surface area contributed by atoms with Gasteiger partial charge in [-0.05, 0) is 24.1 Å². The van der Waals surface area contributed by atoms with Gasteiger partial charge in [0.1, 0.15) is 0 Å². The van der Waals surface area contributed by atoms with Crippen LogP contribution in [-0.2, 0) is 0 Å². The molecule has 6 nitrogen and oxygen atoms in total. The third kappa shape index (κ3) is 2.65. The molecule has 0 aliphatic carbocycles. The van der Waals surface area contributed by atoms with Gasteiger partial charge in [0.25, 0.3) is 5.91 Å². The second kappa shape index (κ2) is 5.40. The molecule has 21 heavy (non-hydrogen) atoms. The molecule has 0 spiro atoms. The first-order valence-corrected chi connectivity index (χ1v) is 6.91. The van der Waals surface area contributed by atoms with Gasteiger partial charge in [-0.3, -0.25) is 9.20 Å². The normalized spacial score (nSPS) is 11.2. The lowest BCUT2D eigenvalue weighted by atomic mass is 10.2.